The third kappa shape index (κ3) is 3.58. The molecule has 0 aliphatic rings. The summed E-state index contributed by atoms with van der Waals surface area (Å²) in [5.41, 5.74) is 1.12. The number of rotatable bonds is 4. The highest BCUT2D eigenvalue weighted by Gasteiger charge is 2.08. The Balaban J connectivity index is 2.18. The van der Waals surface area contributed by atoms with Crippen molar-refractivity contribution in [1.82, 2.24) is 9.97 Å². The third-order valence-electron chi connectivity index (χ3n) is 2.81. The van der Waals surface area contributed by atoms with Gasteiger partial charge in [-0.1, -0.05) is 23.7 Å². The lowest BCUT2D eigenvalue weighted by Crippen LogP contribution is -2.09. The highest BCUT2D eigenvalue weighted by Crippen LogP contribution is 2.21. The third-order valence-corrected chi connectivity index (χ3v) is 3.04. The quantitative estimate of drug-likeness (QED) is 0.895. The van der Waals surface area contributed by atoms with Gasteiger partial charge < -0.3 is 10.6 Å². The van der Waals surface area contributed by atoms with E-state index in [2.05, 4.69) is 27.5 Å². The van der Waals surface area contributed by atoms with Gasteiger partial charge in [-0.3, -0.25) is 0 Å². The maximum Gasteiger partial charge on any atom is 0.132 e. The number of nitrogens with one attached hydrogen (secondary N) is 2. The molecule has 2 aromatic rings. The molecule has 1 atom stereocenters. The first-order chi connectivity index (χ1) is 9.08. The first-order valence-corrected chi connectivity index (χ1v) is 6.51. The molecular weight excluding hydrogens is 260 g/mol. The zero-order valence-electron chi connectivity index (χ0n) is 11.2. The van der Waals surface area contributed by atoms with Gasteiger partial charge in [-0.05, 0) is 31.5 Å². The molecule has 0 fully saturated rings. The van der Waals surface area contributed by atoms with E-state index >= 15 is 0 Å². The molecule has 0 amide bonds. The second kappa shape index (κ2) is 5.89. The Labute approximate surface area is 118 Å². The Hall–Kier alpha value is -1.81. The van der Waals surface area contributed by atoms with E-state index < -0.39 is 0 Å². The van der Waals surface area contributed by atoms with E-state index in [0.29, 0.717) is 0 Å². The van der Waals surface area contributed by atoms with Gasteiger partial charge in [0.2, 0.25) is 0 Å². The fraction of sp³-hybridized carbons (Fsp3) is 0.286. The largest absolute Gasteiger partial charge is 0.373 e. The summed E-state index contributed by atoms with van der Waals surface area (Å²) in [6.45, 7) is 3.94. The van der Waals surface area contributed by atoms with Crippen LogP contribution in [0.2, 0.25) is 5.02 Å². The predicted molar refractivity (Wildman–Crippen MR) is 79.8 cm³/mol. The minimum absolute atomic E-state index is 0.123. The van der Waals surface area contributed by atoms with Crippen molar-refractivity contribution in [1.29, 1.82) is 0 Å². The predicted octanol–water partition coefficient (Wildman–Crippen LogP) is 3.65. The smallest absolute Gasteiger partial charge is 0.132 e. The van der Waals surface area contributed by atoms with Crippen LogP contribution in [-0.2, 0) is 0 Å². The van der Waals surface area contributed by atoms with Crippen molar-refractivity contribution in [3.05, 3.63) is 46.7 Å². The number of hydrogen-bond donors (Lipinski definition) is 2. The molecule has 2 rings (SSSR count). The van der Waals surface area contributed by atoms with Crippen LogP contribution >= 0.6 is 11.6 Å². The number of anilines is 2. The van der Waals surface area contributed by atoms with Crippen LogP contribution in [-0.4, -0.2) is 17.0 Å². The van der Waals surface area contributed by atoms with Crippen molar-refractivity contribution in [3.8, 4) is 0 Å². The Kier molecular flexibility index (Phi) is 4.22. The lowest BCUT2D eigenvalue weighted by molar-refractivity contribution is 0.867. The highest BCUT2D eigenvalue weighted by atomic mass is 35.5. The summed E-state index contributed by atoms with van der Waals surface area (Å²) in [5.74, 6) is 2.32. The SMILES string of the molecule is CNc1cc(NC(C)c2cccc(Cl)c2)nc(C)n1. The van der Waals surface area contributed by atoms with Crippen molar-refractivity contribution in [2.75, 3.05) is 17.7 Å². The maximum atomic E-state index is 6.00. The van der Waals surface area contributed by atoms with Gasteiger partial charge in [0.05, 0.1) is 0 Å². The monoisotopic (exact) mass is 276 g/mol. The maximum absolute atomic E-state index is 6.00. The van der Waals surface area contributed by atoms with Crippen molar-refractivity contribution < 1.29 is 0 Å². The van der Waals surface area contributed by atoms with Crippen LogP contribution in [0.1, 0.15) is 24.4 Å². The first-order valence-electron chi connectivity index (χ1n) is 6.14. The molecule has 4 nitrogen and oxygen atoms in total. The molecule has 0 saturated carbocycles. The zero-order valence-corrected chi connectivity index (χ0v) is 12.0. The van der Waals surface area contributed by atoms with Crippen LogP contribution in [0.5, 0.6) is 0 Å². The van der Waals surface area contributed by atoms with Gasteiger partial charge in [-0.15, -0.1) is 0 Å². The fourth-order valence-corrected chi connectivity index (χ4v) is 2.05. The lowest BCUT2D eigenvalue weighted by Gasteiger charge is -2.16. The fourth-order valence-electron chi connectivity index (χ4n) is 1.85. The van der Waals surface area contributed by atoms with Gasteiger partial charge in [0.15, 0.2) is 0 Å². The van der Waals surface area contributed by atoms with Gasteiger partial charge in [-0.2, -0.15) is 0 Å². The topological polar surface area (TPSA) is 49.8 Å². The molecule has 0 bridgehead atoms. The Morgan fingerprint density at radius 3 is 2.58 bits per heavy atom. The number of benzene rings is 1. The first kappa shape index (κ1) is 13.6. The average Bonchev–Trinajstić information content (AvgIpc) is 2.38. The van der Waals surface area contributed by atoms with E-state index in [1.807, 2.05) is 44.3 Å². The second-order valence-corrected chi connectivity index (χ2v) is 4.79. The van der Waals surface area contributed by atoms with Crippen LogP contribution in [0.3, 0.4) is 0 Å². The van der Waals surface area contributed by atoms with E-state index in [-0.39, 0.29) is 6.04 Å². The summed E-state index contributed by atoms with van der Waals surface area (Å²) < 4.78 is 0. The molecule has 0 spiro atoms. The Morgan fingerprint density at radius 2 is 1.89 bits per heavy atom. The average molecular weight is 277 g/mol. The number of halogens is 1. The summed E-state index contributed by atoms with van der Waals surface area (Å²) in [7, 11) is 1.84. The number of aryl methyl sites for hydroxylation is 1. The van der Waals surface area contributed by atoms with Gasteiger partial charge in [0.25, 0.3) is 0 Å². The molecule has 2 N–H and O–H groups in total. The minimum atomic E-state index is 0.123. The normalized spacial score (nSPS) is 12.0. The summed E-state index contributed by atoms with van der Waals surface area (Å²) in [6.07, 6.45) is 0. The molecule has 1 unspecified atom stereocenters. The van der Waals surface area contributed by atoms with Crippen LogP contribution in [0.15, 0.2) is 30.3 Å². The molecule has 19 heavy (non-hydrogen) atoms. The molecule has 100 valence electrons. The van der Waals surface area contributed by atoms with E-state index in [0.717, 1.165) is 28.0 Å². The van der Waals surface area contributed by atoms with Crippen LogP contribution in [0.25, 0.3) is 0 Å². The van der Waals surface area contributed by atoms with Crippen molar-refractivity contribution in [2.24, 2.45) is 0 Å². The molecule has 5 heteroatoms. The molecule has 0 aliphatic carbocycles. The van der Waals surface area contributed by atoms with Gasteiger partial charge in [0, 0.05) is 24.2 Å². The number of hydrogen-bond acceptors (Lipinski definition) is 4. The summed E-state index contributed by atoms with van der Waals surface area (Å²) >= 11 is 6.00. The molecule has 1 aromatic carbocycles. The molecule has 0 saturated heterocycles. The van der Waals surface area contributed by atoms with Gasteiger partial charge in [0.1, 0.15) is 17.5 Å². The van der Waals surface area contributed by atoms with Crippen LogP contribution < -0.4 is 10.6 Å². The highest BCUT2D eigenvalue weighted by molar-refractivity contribution is 6.30. The van der Waals surface area contributed by atoms with E-state index in [1.54, 1.807) is 0 Å². The summed E-state index contributed by atoms with van der Waals surface area (Å²) in [5, 5.41) is 7.11. The zero-order chi connectivity index (χ0) is 13.8. The second-order valence-electron chi connectivity index (χ2n) is 4.36. The van der Waals surface area contributed by atoms with E-state index in [1.165, 1.54) is 0 Å². The molecule has 0 aliphatic heterocycles. The molecule has 0 radical (unpaired) electrons. The molecular formula is C14H17ClN4. The molecule has 1 aromatic heterocycles. The summed E-state index contributed by atoms with van der Waals surface area (Å²) in [4.78, 5) is 8.64. The van der Waals surface area contributed by atoms with E-state index in [9.17, 15) is 0 Å². The van der Waals surface area contributed by atoms with Gasteiger partial charge >= 0.3 is 0 Å². The van der Waals surface area contributed by atoms with E-state index in [4.69, 9.17) is 11.6 Å². The minimum Gasteiger partial charge on any atom is -0.373 e. The van der Waals surface area contributed by atoms with Crippen LogP contribution in [0.4, 0.5) is 11.6 Å². The number of nitrogens with zero attached hydrogens (tertiary/aromatic N) is 2. The number of aromatic nitrogens is 2. The Morgan fingerprint density at radius 1 is 1.16 bits per heavy atom. The standard InChI is InChI=1S/C14H17ClN4/c1-9(11-5-4-6-12(15)7-11)17-14-8-13(16-3)18-10(2)19-14/h4-9H,1-3H3,(H2,16,17,18,19). The van der Waals surface area contributed by atoms with Crippen LogP contribution in [0, 0.1) is 6.92 Å². The summed E-state index contributed by atoms with van der Waals surface area (Å²) in [6, 6.07) is 9.81. The van der Waals surface area contributed by atoms with Crippen molar-refractivity contribution in [2.45, 2.75) is 19.9 Å². The van der Waals surface area contributed by atoms with Crippen molar-refractivity contribution in [3.63, 3.8) is 0 Å². The molecule has 1 heterocycles. The Bertz CT molecular complexity index is 571. The lowest BCUT2D eigenvalue weighted by atomic mass is 10.1. The van der Waals surface area contributed by atoms with Crippen molar-refractivity contribution >= 4 is 23.2 Å². The van der Waals surface area contributed by atoms with Gasteiger partial charge in [-0.25, -0.2) is 9.97 Å².